The first-order chi connectivity index (χ1) is 26.2. The number of carboxylic acid groups (broad SMARTS) is 1. The molecule has 0 saturated carbocycles. The van der Waals surface area contributed by atoms with Crippen molar-refractivity contribution in [3.05, 3.63) is 119 Å². The third kappa shape index (κ3) is 9.58. The molecule has 3 N–H and O–H groups in total. The van der Waals surface area contributed by atoms with E-state index >= 15 is 0 Å². The summed E-state index contributed by atoms with van der Waals surface area (Å²) in [5.41, 5.74) is 3.12. The second-order valence-corrected chi connectivity index (χ2v) is 16.6. The van der Waals surface area contributed by atoms with Crippen molar-refractivity contribution in [3.8, 4) is 11.8 Å². The summed E-state index contributed by atoms with van der Waals surface area (Å²) in [6.45, 7) is 8.88. The fraction of sp³-hybridized carbons (Fsp3) is 0.325. The van der Waals surface area contributed by atoms with Gasteiger partial charge in [0.15, 0.2) is 9.84 Å². The number of imidazole rings is 1. The van der Waals surface area contributed by atoms with Crippen molar-refractivity contribution < 1.29 is 27.9 Å². The van der Waals surface area contributed by atoms with Gasteiger partial charge in [-0.25, -0.2) is 18.2 Å². The average molecular weight is 765 g/mol. The lowest BCUT2D eigenvalue weighted by Gasteiger charge is -2.46. The maximum absolute atomic E-state index is 13.6. The van der Waals surface area contributed by atoms with Gasteiger partial charge in [-0.3, -0.25) is 19.2 Å². The molecule has 1 fully saturated rings. The van der Waals surface area contributed by atoms with E-state index in [9.17, 15) is 27.9 Å². The molecule has 0 aliphatic carbocycles. The molecular weight excluding hydrogens is 721 g/mol. The monoisotopic (exact) mass is 764 g/mol. The van der Waals surface area contributed by atoms with Gasteiger partial charge in [0.05, 0.1) is 22.4 Å². The maximum atomic E-state index is 13.6. The number of aryl methyl sites for hydroxylation is 1. The fourth-order valence-corrected chi connectivity index (χ4v) is 7.91. The minimum atomic E-state index is -3.90. The maximum Gasteiger partial charge on any atom is 0.407 e. The highest BCUT2D eigenvalue weighted by atomic mass is 32.2. The molecule has 5 aromatic rings. The molecule has 0 bridgehead atoms. The van der Waals surface area contributed by atoms with Crippen molar-refractivity contribution in [1.82, 2.24) is 39.6 Å². The van der Waals surface area contributed by atoms with Crippen LogP contribution in [0.2, 0.25) is 0 Å². The molecule has 0 spiro atoms. The highest BCUT2D eigenvalue weighted by Crippen LogP contribution is 2.28. The summed E-state index contributed by atoms with van der Waals surface area (Å²) < 4.78 is 30.7. The van der Waals surface area contributed by atoms with Crippen LogP contribution in [-0.2, 0) is 29.2 Å². The van der Waals surface area contributed by atoms with Crippen LogP contribution in [0.3, 0.4) is 0 Å². The molecule has 2 aromatic carbocycles. The number of nitrogens with zero attached hydrogens (tertiary/aromatic N) is 6. The van der Waals surface area contributed by atoms with Crippen LogP contribution >= 0.6 is 0 Å². The number of sulfone groups is 1. The Bertz CT molecular complexity index is 2390. The summed E-state index contributed by atoms with van der Waals surface area (Å²) in [5, 5.41) is 19.7. The zero-order valence-electron chi connectivity index (χ0n) is 31.2. The molecule has 3 aromatic heterocycles. The van der Waals surface area contributed by atoms with Crippen LogP contribution in [-0.4, -0.2) is 99.2 Å². The van der Waals surface area contributed by atoms with Crippen LogP contribution in [0.25, 0.3) is 5.65 Å². The molecule has 1 saturated heterocycles. The van der Waals surface area contributed by atoms with Gasteiger partial charge in [-0.1, -0.05) is 32.6 Å². The van der Waals surface area contributed by atoms with Crippen LogP contribution in [0.4, 0.5) is 4.79 Å². The van der Waals surface area contributed by atoms with Gasteiger partial charge in [0.25, 0.3) is 11.8 Å². The quantitative estimate of drug-likeness (QED) is 0.179. The number of carbonyl (C=O) groups excluding carboxylic acids is 2. The Labute approximate surface area is 320 Å². The van der Waals surface area contributed by atoms with E-state index in [1.165, 1.54) is 27.8 Å². The van der Waals surface area contributed by atoms with Crippen LogP contribution in [0.5, 0.6) is 0 Å². The van der Waals surface area contributed by atoms with Gasteiger partial charge in [0.2, 0.25) is 0 Å². The highest BCUT2D eigenvalue weighted by molar-refractivity contribution is 7.90. The smallest absolute Gasteiger partial charge is 0.407 e. The van der Waals surface area contributed by atoms with Crippen LogP contribution in [0.15, 0.2) is 90.3 Å². The second kappa shape index (κ2) is 16.2. The lowest BCUT2D eigenvalue weighted by molar-refractivity contribution is 0.0222. The molecule has 4 heterocycles. The Hall–Kier alpha value is -5.98. The van der Waals surface area contributed by atoms with Crippen molar-refractivity contribution in [3.63, 3.8) is 0 Å². The first-order valence-corrected chi connectivity index (χ1v) is 19.5. The predicted octanol–water partition coefficient (Wildman–Crippen LogP) is 3.81. The lowest BCUT2D eigenvalue weighted by atomic mass is 9.84. The van der Waals surface area contributed by atoms with E-state index in [0.29, 0.717) is 49.5 Å². The number of piperazine rings is 1. The third-order valence-corrected chi connectivity index (χ3v) is 11.2. The Morgan fingerprint density at radius 2 is 1.65 bits per heavy atom. The van der Waals surface area contributed by atoms with Gasteiger partial charge in [-0.05, 0) is 71.6 Å². The summed E-state index contributed by atoms with van der Waals surface area (Å²) in [6.07, 6.45) is 6.13. The summed E-state index contributed by atoms with van der Waals surface area (Å²) >= 11 is 0. The van der Waals surface area contributed by atoms with Crippen molar-refractivity contribution in [2.24, 2.45) is 12.5 Å². The topological polar surface area (TPSA) is 171 Å². The minimum Gasteiger partial charge on any atom is -0.465 e. The lowest BCUT2D eigenvalue weighted by Crippen LogP contribution is -2.60. The first kappa shape index (κ1) is 38.7. The number of hydrogen-bond donors (Lipinski definition) is 3. The molecule has 55 heavy (non-hydrogen) atoms. The van der Waals surface area contributed by atoms with E-state index in [-0.39, 0.29) is 45.7 Å². The van der Waals surface area contributed by atoms with Crippen LogP contribution < -0.4 is 10.6 Å². The molecule has 1 atom stereocenters. The van der Waals surface area contributed by atoms with Gasteiger partial charge in [0, 0.05) is 93.4 Å². The number of amides is 3. The molecule has 3 amide bonds. The van der Waals surface area contributed by atoms with Crippen molar-refractivity contribution in [1.29, 1.82) is 0 Å². The van der Waals surface area contributed by atoms with Gasteiger partial charge in [0.1, 0.15) is 5.65 Å². The molecule has 1 aliphatic heterocycles. The van der Waals surface area contributed by atoms with E-state index in [4.69, 9.17) is 0 Å². The standard InChI is InChI=1S/C40H44N8O6S/c1-40(2,3)35-26-46(21-22-48(35)39(51)52)19-15-42-37(49)30-8-5-28(6-9-30)7-10-31-24-32(11-12-34(31)55(53,54)27-33-14-17-45(4)44-33)38(50)43-25-29-13-18-47-20-16-41-36(47)23-29/h5-6,8-9,11-14,16-18,20,23-24,35H,15,19,21-22,25-27H2,1-4H3,(H,42,49)(H,43,50)(H,51,52). The average Bonchev–Trinajstić information content (AvgIpc) is 3.80. The number of benzene rings is 2. The number of nitrogens with one attached hydrogen (secondary N) is 2. The van der Waals surface area contributed by atoms with Crippen molar-refractivity contribution >= 4 is 33.4 Å². The minimum absolute atomic E-state index is 0.0267. The predicted molar refractivity (Wildman–Crippen MR) is 206 cm³/mol. The number of fused-ring (bicyclic) bond motifs is 1. The highest BCUT2D eigenvalue weighted by Gasteiger charge is 2.37. The Morgan fingerprint density at radius 1 is 0.909 bits per heavy atom. The van der Waals surface area contributed by atoms with Crippen LogP contribution in [0, 0.1) is 17.3 Å². The molecule has 1 aliphatic rings. The Morgan fingerprint density at radius 3 is 2.36 bits per heavy atom. The SMILES string of the molecule is Cn1ccc(CS(=O)(=O)c2ccc(C(=O)NCc3ccn4ccnc4c3)cc2C#Cc2ccc(C(=O)NCCN3CCN(C(=O)O)C(C(C)(C)C)C3)cc2)n1. The third-order valence-electron chi connectivity index (χ3n) is 9.51. The first-order valence-electron chi connectivity index (χ1n) is 17.8. The Kier molecular flexibility index (Phi) is 11.4. The van der Waals surface area contributed by atoms with E-state index in [1.54, 1.807) is 49.8 Å². The van der Waals surface area contributed by atoms with E-state index in [2.05, 4.69) is 37.5 Å². The zero-order chi connectivity index (χ0) is 39.3. The number of rotatable bonds is 10. The van der Waals surface area contributed by atoms with Crippen molar-refractivity contribution in [2.45, 2.75) is 44.0 Å². The van der Waals surface area contributed by atoms with Crippen LogP contribution in [0.1, 0.15) is 63.9 Å². The molecule has 6 rings (SSSR count). The second-order valence-electron chi connectivity index (χ2n) is 14.6. The summed E-state index contributed by atoms with van der Waals surface area (Å²) in [6, 6.07) is 16.2. The molecule has 1 unspecified atom stereocenters. The zero-order valence-corrected chi connectivity index (χ0v) is 32.0. The fourth-order valence-electron chi connectivity index (χ4n) is 6.49. The molecule has 15 heteroatoms. The van der Waals surface area contributed by atoms with Gasteiger partial charge < -0.3 is 25.0 Å². The number of pyridine rings is 1. The van der Waals surface area contributed by atoms with Crippen molar-refractivity contribution in [2.75, 3.05) is 32.7 Å². The largest absolute Gasteiger partial charge is 0.465 e. The summed E-state index contributed by atoms with van der Waals surface area (Å²) in [4.78, 5) is 45.9. The molecule has 286 valence electrons. The normalized spacial score (nSPS) is 15.0. The van der Waals surface area contributed by atoms with E-state index in [1.807, 2.05) is 49.7 Å². The summed E-state index contributed by atoms with van der Waals surface area (Å²) in [5.74, 6) is 4.96. The molecule has 0 radical (unpaired) electrons. The summed E-state index contributed by atoms with van der Waals surface area (Å²) in [7, 11) is -2.20. The van der Waals surface area contributed by atoms with E-state index < -0.39 is 21.8 Å². The Balaban J connectivity index is 1.14. The number of aromatic nitrogens is 4. The van der Waals surface area contributed by atoms with E-state index in [0.717, 1.165) is 11.2 Å². The van der Waals surface area contributed by atoms with Gasteiger partial charge in [-0.15, -0.1) is 0 Å². The van der Waals surface area contributed by atoms with Gasteiger partial charge >= 0.3 is 6.09 Å². The molecular formula is C40H44N8O6S. The van der Waals surface area contributed by atoms with Gasteiger partial charge in [-0.2, -0.15) is 5.10 Å². The number of carbonyl (C=O) groups is 3. The number of hydrogen-bond acceptors (Lipinski definition) is 8. The molecule has 14 nitrogen and oxygen atoms in total.